The Morgan fingerprint density at radius 2 is 2.28 bits per heavy atom. The van der Waals surface area contributed by atoms with E-state index < -0.39 is 0 Å². The Morgan fingerprint density at radius 3 is 3.06 bits per heavy atom. The first-order chi connectivity index (χ1) is 8.76. The third-order valence-electron chi connectivity index (χ3n) is 3.64. The van der Waals surface area contributed by atoms with E-state index in [2.05, 4.69) is 48.7 Å². The summed E-state index contributed by atoms with van der Waals surface area (Å²) in [4.78, 5) is 0. The molecule has 1 aromatic heterocycles. The van der Waals surface area contributed by atoms with Crippen LogP contribution in [0.1, 0.15) is 25.8 Å². The molecule has 2 heterocycles. The largest absolute Gasteiger partial charge is 0.382 e. The lowest BCUT2D eigenvalue weighted by Gasteiger charge is -2.24. The minimum Gasteiger partial charge on any atom is -0.382 e. The number of nitrogens with zero attached hydrogens (tertiary/aromatic N) is 2. The van der Waals surface area contributed by atoms with Gasteiger partial charge in [-0.15, -0.1) is 0 Å². The molecule has 0 amide bonds. The summed E-state index contributed by atoms with van der Waals surface area (Å²) in [7, 11) is 0. The summed E-state index contributed by atoms with van der Waals surface area (Å²) in [5, 5.41) is 7.87. The van der Waals surface area contributed by atoms with Crippen molar-refractivity contribution in [3.8, 4) is 11.1 Å². The second-order valence-electron chi connectivity index (χ2n) is 5.04. The predicted molar refractivity (Wildman–Crippen MR) is 74.7 cm³/mol. The number of nitrogens with one attached hydrogen (secondary N) is 1. The van der Waals surface area contributed by atoms with Gasteiger partial charge in [-0.05, 0) is 49.9 Å². The predicted octanol–water partition coefficient (Wildman–Crippen LogP) is 3.32. The Labute approximate surface area is 108 Å². The Morgan fingerprint density at radius 1 is 1.39 bits per heavy atom. The molecule has 0 bridgehead atoms. The molecule has 1 aliphatic heterocycles. The highest BCUT2D eigenvalue weighted by molar-refractivity contribution is 5.68. The average Bonchev–Trinajstić information content (AvgIpc) is 2.87. The molecule has 18 heavy (non-hydrogen) atoms. The second-order valence-corrected chi connectivity index (χ2v) is 5.04. The van der Waals surface area contributed by atoms with Gasteiger partial charge >= 0.3 is 0 Å². The van der Waals surface area contributed by atoms with Crippen LogP contribution >= 0.6 is 0 Å². The standard InChI is InChI=1S/C15H19N3/c1-3-18-10-14(9-16-18)12-6-7-15-13(8-12)5-4-11(2)17-15/h6-11,17H,3-5H2,1-2H3. The van der Waals surface area contributed by atoms with Gasteiger partial charge < -0.3 is 5.32 Å². The fraction of sp³-hybridized carbons (Fsp3) is 0.400. The summed E-state index contributed by atoms with van der Waals surface area (Å²) in [6.07, 6.45) is 6.44. The molecule has 2 aromatic rings. The topological polar surface area (TPSA) is 29.9 Å². The number of rotatable bonds is 2. The maximum atomic E-state index is 4.34. The van der Waals surface area contributed by atoms with Gasteiger partial charge in [-0.2, -0.15) is 5.10 Å². The molecule has 0 saturated heterocycles. The maximum Gasteiger partial charge on any atom is 0.0568 e. The first-order valence-corrected chi connectivity index (χ1v) is 6.68. The zero-order valence-corrected chi connectivity index (χ0v) is 11.0. The smallest absolute Gasteiger partial charge is 0.0568 e. The van der Waals surface area contributed by atoms with Crippen LogP contribution in [0.3, 0.4) is 0 Å². The summed E-state index contributed by atoms with van der Waals surface area (Å²) < 4.78 is 1.97. The minimum absolute atomic E-state index is 0.589. The molecule has 94 valence electrons. The Balaban J connectivity index is 1.94. The lowest BCUT2D eigenvalue weighted by molar-refractivity contribution is 0.660. The van der Waals surface area contributed by atoms with Crippen molar-refractivity contribution in [3.63, 3.8) is 0 Å². The van der Waals surface area contributed by atoms with E-state index in [1.807, 2.05) is 10.9 Å². The van der Waals surface area contributed by atoms with E-state index in [-0.39, 0.29) is 0 Å². The van der Waals surface area contributed by atoms with Crippen LogP contribution in [0.2, 0.25) is 0 Å². The van der Waals surface area contributed by atoms with Gasteiger partial charge in [-0.25, -0.2) is 0 Å². The Bertz CT molecular complexity index is 557. The zero-order chi connectivity index (χ0) is 12.5. The van der Waals surface area contributed by atoms with Crippen LogP contribution in [0.4, 0.5) is 5.69 Å². The van der Waals surface area contributed by atoms with Gasteiger partial charge in [0.2, 0.25) is 0 Å². The highest BCUT2D eigenvalue weighted by atomic mass is 15.3. The first-order valence-electron chi connectivity index (χ1n) is 6.68. The van der Waals surface area contributed by atoms with Crippen molar-refractivity contribution in [2.45, 2.75) is 39.3 Å². The molecule has 0 fully saturated rings. The summed E-state index contributed by atoms with van der Waals surface area (Å²) in [5.41, 5.74) is 5.19. The molecular formula is C15H19N3. The van der Waals surface area contributed by atoms with E-state index in [1.54, 1.807) is 0 Å². The van der Waals surface area contributed by atoms with E-state index in [0.717, 1.165) is 6.54 Å². The summed E-state index contributed by atoms with van der Waals surface area (Å²) in [5.74, 6) is 0. The van der Waals surface area contributed by atoms with Crippen molar-refractivity contribution in [3.05, 3.63) is 36.2 Å². The molecular weight excluding hydrogens is 222 g/mol. The van der Waals surface area contributed by atoms with Crippen molar-refractivity contribution in [2.75, 3.05) is 5.32 Å². The van der Waals surface area contributed by atoms with Crippen molar-refractivity contribution in [1.82, 2.24) is 9.78 Å². The number of benzene rings is 1. The van der Waals surface area contributed by atoms with Gasteiger partial charge in [0, 0.05) is 30.0 Å². The van der Waals surface area contributed by atoms with E-state index in [0.29, 0.717) is 6.04 Å². The number of anilines is 1. The van der Waals surface area contributed by atoms with Gasteiger partial charge in [0.15, 0.2) is 0 Å². The summed E-state index contributed by atoms with van der Waals surface area (Å²) in [6.45, 7) is 5.26. The molecule has 0 radical (unpaired) electrons. The lowest BCUT2D eigenvalue weighted by Crippen LogP contribution is -2.21. The molecule has 3 nitrogen and oxygen atoms in total. The lowest BCUT2D eigenvalue weighted by atomic mass is 9.96. The zero-order valence-electron chi connectivity index (χ0n) is 11.0. The van der Waals surface area contributed by atoms with Crippen molar-refractivity contribution in [2.24, 2.45) is 0 Å². The van der Waals surface area contributed by atoms with Gasteiger partial charge in [-0.1, -0.05) is 6.07 Å². The quantitative estimate of drug-likeness (QED) is 0.874. The maximum absolute atomic E-state index is 4.34. The molecule has 1 unspecified atom stereocenters. The molecule has 3 rings (SSSR count). The van der Waals surface area contributed by atoms with Crippen LogP contribution < -0.4 is 5.32 Å². The van der Waals surface area contributed by atoms with Crippen LogP contribution in [0.15, 0.2) is 30.6 Å². The Kier molecular flexibility index (Phi) is 2.82. The van der Waals surface area contributed by atoms with Crippen LogP contribution in [0.5, 0.6) is 0 Å². The highest BCUT2D eigenvalue weighted by Gasteiger charge is 2.14. The molecule has 1 N–H and O–H groups in total. The van der Waals surface area contributed by atoms with Crippen molar-refractivity contribution in [1.29, 1.82) is 0 Å². The van der Waals surface area contributed by atoms with Gasteiger partial charge in [0.05, 0.1) is 6.20 Å². The van der Waals surface area contributed by atoms with E-state index in [9.17, 15) is 0 Å². The monoisotopic (exact) mass is 241 g/mol. The number of aromatic nitrogens is 2. The third-order valence-corrected chi connectivity index (χ3v) is 3.64. The Hall–Kier alpha value is -1.77. The van der Waals surface area contributed by atoms with E-state index >= 15 is 0 Å². The molecule has 1 aromatic carbocycles. The fourth-order valence-corrected chi connectivity index (χ4v) is 2.52. The van der Waals surface area contributed by atoms with Gasteiger partial charge in [0.1, 0.15) is 0 Å². The number of hydrogen-bond acceptors (Lipinski definition) is 2. The van der Waals surface area contributed by atoms with E-state index in [1.165, 1.54) is 35.2 Å². The van der Waals surface area contributed by atoms with Crippen LogP contribution in [-0.2, 0) is 13.0 Å². The highest BCUT2D eigenvalue weighted by Crippen LogP contribution is 2.29. The first kappa shape index (κ1) is 11.3. The summed E-state index contributed by atoms with van der Waals surface area (Å²) >= 11 is 0. The minimum atomic E-state index is 0.589. The van der Waals surface area contributed by atoms with Gasteiger partial charge in [0.25, 0.3) is 0 Å². The second kappa shape index (κ2) is 4.48. The molecule has 1 atom stereocenters. The van der Waals surface area contributed by atoms with Crippen molar-refractivity contribution >= 4 is 5.69 Å². The van der Waals surface area contributed by atoms with Crippen molar-refractivity contribution < 1.29 is 0 Å². The summed E-state index contributed by atoms with van der Waals surface area (Å²) in [6, 6.07) is 7.27. The fourth-order valence-electron chi connectivity index (χ4n) is 2.52. The normalized spacial score (nSPS) is 18.2. The average molecular weight is 241 g/mol. The van der Waals surface area contributed by atoms with E-state index in [4.69, 9.17) is 0 Å². The number of fused-ring (bicyclic) bond motifs is 1. The molecule has 3 heteroatoms. The number of aryl methyl sites for hydroxylation is 2. The third kappa shape index (κ3) is 2.01. The number of hydrogen-bond donors (Lipinski definition) is 1. The van der Waals surface area contributed by atoms with Crippen LogP contribution in [0.25, 0.3) is 11.1 Å². The molecule has 0 aliphatic carbocycles. The molecule has 1 aliphatic rings. The molecule has 0 spiro atoms. The van der Waals surface area contributed by atoms with Crippen LogP contribution in [0, 0.1) is 0 Å². The van der Waals surface area contributed by atoms with Crippen LogP contribution in [-0.4, -0.2) is 15.8 Å². The molecule has 0 saturated carbocycles. The van der Waals surface area contributed by atoms with Gasteiger partial charge in [-0.3, -0.25) is 4.68 Å². The SMILES string of the molecule is CCn1cc(-c2ccc3c(c2)CCC(C)N3)cn1.